The van der Waals surface area contributed by atoms with Crippen LogP contribution in [-0.2, 0) is 17.8 Å². The van der Waals surface area contributed by atoms with Crippen LogP contribution >= 0.6 is 22.9 Å². The zero-order valence-electron chi connectivity index (χ0n) is 20.0. The van der Waals surface area contributed by atoms with Gasteiger partial charge in [0.05, 0.1) is 26.2 Å². The number of halogens is 1. The molecule has 1 aromatic heterocycles. The number of hydrogen-bond donors (Lipinski definition) is 4. The lowest BCUT2D eigenvalue weighted by atomic mass is 10.1. The highest BCUT2D eigenvalue weighted by atomic mass is 35.5. The van der Waals surface area contributed by atoms with Crippen molar-refractivity contribution in [1.29, 1.82) is 0 Å². The third-order valence-electron chi connectivity index (χ3n) is 5.17. The van der Waals surface area contributed by atoms with Crippen LogP contribution in [0.25, 0.3) is 6.08 Å². The first kappa shape index (κ1) is 26.9. The molecule has 36 heavy (non-hydrogen) atoms. The van der Waals surface area contributed by atoms with Gasteiger partial charge in [-0.2, -0.15) is 0 Å². The van der Waals surface area contributed by atoms with Gasteiger partial charge in [-0.05, 0) is 54.3 Å². The molecule has 0 spiro atoms. The highest BCUT2D eigenvalue weighted by Crippen LogP contribution is 2.28. The number of carboxylic acid groups (broad SMARTS) is 1. The van der Waals surface area contributed by atoms with E-state index in [0.29, 0.717) is 10.4 Å². The molecule has 1 heterocycles. The minimum Gasteiger partial charge on any atom is -0.508 e. The first-order chi connectivity index (χ1) is 17.1. The Hall–Kier alpha value is -3.69. The molecule has 0 saturated heterocycles. The summed E-state index contributed by atoms with van der Waals surface area (Å²) in [7, 11) is 0. The number of aromatic hydroxyl groups is 1. The molecular formula is C26H26ClN3O5S. The molecule has 0 aliphatic heterocycles. The highest BCUT2D eigenvalue weighted by Gasteiger charge is 2.20. The van der Waals surface area contributed by atoms with Crippen LogP contribution in [-0.4, -0.2) is 33.0 Å². The van der Waals surface area contributed by atoms with Gasteiger partial charge in [-0.15, -0.1) is 11.3 Å². The number of carboxylic acids is 1. The number of thiazole rings is 1. The normalized spacial score (nSPS) is 11.4. The van der Waals surface area contributed by atoms with Gasteiger partial charge in [0.2, 0.25) is 0 Å². The molecule has 10 heteroatoms. The van der Waals surface area contributed by atoms with Gasteiger partial charge in [0.1, 0.15) is 11.4 Å². The van der Waals surface area contributed by atoms with Crippen LogP contribution in [0.5, 0.6) is 5.75 Å². The Balaban J connectivity index is 1.76. The fourth-order valence-corrected chi connectivity index (χ4v) is 4.69. The van der Waals surface area contributed by atoms with Crippen molar-refractivity contribution in [1.82, 2.24) is 15.6 Å². The lowest BCUT2D eigenvalue weighted by Crippen LogP contribution is -2.28. The molecule has 0 bridgehead atoms. The second-order valence-corrected chi connectivity index (χ2v) is 9.75. The molecule has 4 N–H and O–H groups in total. The van der Waals surface area contributed by atoms with E-state index in [1.165, 1.54) is 47.7 Å². The van der Waals surface area contributed by atoms with Gasteiger partial charge in [0.25, 0.3) is 11.8 Å². The van der Waals surface area contributed by atoms with Crippen molar-refractivity contribution in [2.45, 2.75) is 39.7 Å². The van der Waals surface area contributed by atoms with Crippen LogP contribution in [0, 0.1) is 0 Å². The summed E-state index contributed by atoms with van der Waals surface area (Å²) in [4.78, 5) is 42.4. The number of aliphatic carboxylic acids is 1. The smallest absolute Gasteiger partial charge is 0.352 e. The summed E-state index contributed by atoms with van der Waals surface area (Å²) in [6.45, 7) is 6.09. The highest BCUT2D eigenvalue weighted by molar-refractivity contribution is 7.12. The van der Waals surface area contributed by atoms with Crippen molar-refractivity contribution in [2.75, 3.05) is 0 Å². The van der Waals surface area contributed by atoms with Crippen molar-refractivity contribution >= 4 is 46.8 Å². The minimum absolute atomic E-state index is 0.00354. The maximum absolute atomic E-state index is 12.8. The fourth-order valence-electron chi connectivity index (χ4n) is 3.32. The molecule has 2 aromatic carbocycles. The molecule has 8 nitrogen and oxygen atoms in total. The van der Waals surface area contributed by atoms with Crippen molar-refractivity contribution in [2.24, 2.45) is 0 Å². The van der Waals surface area contributed by atoms with Crippen molar-refractivity contribution < 1.29 is 24.6 Å². The number of hydrogen-bond acceptors (Lipinski definition) is 6. The molecule has 0 saturated carbocycles. The number of amides is 2. The Kier molecular flexibility index (Phi) is 8.84. The van der Waals surface area contributed by atoms with Gasteiger partial charge in [0.15, 0.2) is 0 Å². The molecule has 2 amide bonds. The molecule has 0 aliphatic rings. The van der Waals surface area contributed by atoms with Crippen LogP contribution in [0.3, 0.4) is 0 Å². The number of phenols is 1. The molecular weight excluding hydrogens is 502 g/mol. The summed E-state index contributed by atoms with van der Waals surface area (Å²) < 4.78 is 0. The van der Waals surface area contributed by atoms with Crippen molar-refractivity contribution in [3.05, 3.63) is 85.5 Å². The van der Waals surface area contributed by atoms with Gasteiger partial charge < -0.3 is 20.8 Å². The van der Waals surface area contributed by atoms with Crippen LogP contribution in [0.4, 0.5) is 0 Å². The number of aromatic nitrogens is 1. The predicted octanol–water partition coefficient (Wildman–Crippen LogP) is 4.97. The maximum atomic E-state index is 12.8. The number of carbonyl (C=O) groups is 3. The van der Waals surface area contributed by atoms with Crippen LogP contribution in [0.2, 0.25) is 5.02 Å². The lowest BCUT2D eigenvalue weighted by Gasteiger charge is -2.10. The lowest BCUT2D eigenvalue weighted by molar-refractivity contribution is -0.132. The van der Waals surface area contributed by atoms with E-state index < -0.39 is 17.8 Å². The number of benzene rings is 2. The quantitative estimate of drug-likeness (QED) is 0.291. The summed E-state index contributed by atoms with van der Waals surface area (Å²) in [5, 5.41) is 25.2. The third kappa shape index (κ3) is 6.71. The topological polar surface area (TPSA) is 129 Å². The number of carbonyl (C=O) groups excluding carboxylic acids is 2. The van der Waals surface area contributed by atoms with Gasteiger partial charge >= 0.3 is 5.97 Å². The number of aryl methyl sites for hydroxylation is 1. The zero-order valence-corrected chi connectivity index (χ0v) is 21.5. The molecule has 0 radical (unpaired) electrons. The molecule has 0 atom stereocenters. The maximum Gasteiger partial charge on any atom is 0.352 e. The molecule has 0 unspecified atom stereocenters. The minimum atomic E-state index is -1.30. The molecule has 0 aliphatic carbocycles. The van der Waals surface area contributed by atoms with Crippen LogP contribution < -0.4 is 10.6 Å². The SMILES string of the molecule is CCc1nc(C(C)C)c(C=C(NC(=O)c2ccc(C(=O)NCc3cccc(O)c3)cc2Cl)C(=O)O)s1. The average Bonchev–Trinajstić information content (AvgIpc) is 3.25. The van der Waals surface area contributed by atoms with E-state index in [0.717, 1.165) is 17.1 Å². The monoisotopic (exact) mass is 527 g/mol. The third-order valence-corrected chi connectivity index (χ3v) is 6.64. The van der Waals surface area contributed by atoms with Gasteiger partial charge in [-0.1, -0.05) is 44.5 Å². The summed E-state index contributed by atoms with van der Waals surface area (Å²) in [6, 6.07) is 10.6. The van der Waals surface area contributed by atoms with E-state index in [-0.39, 0.29) is 40.1 Å². The first-order valence-electron chi connectivity index (χ1n) is 11.2. The molecule has 3 rings (SSSR count). The first-order valence-corrected chi connectivity index (χ1v) is 12.4. The summed E-state index contributed by atoms with van der Waals surface area (Å²) >= 11 is 7.65. The largest absolute Gasteiger partial charge is 0.508 e. The Morgan fingerprint density at radius 2 is 1.89 bits per heavy atom. The second kappa shape index (κ2) is 11.8. The van der Waals surface area contributed by atoms with Crippen LogP contribution in [0.15, 0.2) is 48.2 Å². The number of nitrogens with one attached hydrogen (secondary N) is 2. The Bertz CT molecular complexity index is 1330. The second-order valence-electron chi connectivity index (χ2n) is 8.23. The van der Waals surface area contributed by atoms with Crippen molar-refractivity contribution in [3.8, 4) is 5.75 Å². The molecule has 3 aromatic rings. The average molecular weight is 528 g/mol. The Morgan fingerprint density at radius 3 is 2.50 bits per heavy atom. The van der Waals surface area contributed by atoms with E-state index in [1.54, 1.807) is 12.1 Å². The molecule has 188 valence electrons. The van der Waals surface area contributed by atoms with E-state index in [1.807, 2.05) is 20.8 Å². The molecule has 0 fully saturated rings. The van der Waals surface area contributed by atoms with Crippen LogP contribution in [0.1, 0.15) is 68.5 Å². The van der Waals surface area contributed by atoms with Gasteiger partial charge in [0, 0.05) is 12.1 Å². The summed E-state index contributed by atoms with van der Waals surface area (Å²) in [6.07, 6.45) is 2.12. The Labute approximate surface area is 217 Å². The van der Waals surface area contributed by atoms with E-state index in [4.69, 9.17) is 11.6 Å². The fraction of sp³-hybridized carbons (Fsp3) is 0.231. The van der Waals surface area contributed by atoms with E-state index in [2.05, 4.69) is 15.6 Å². The number of nitrogens with zero attached hydrogens (tertiary/aromatic N) is 1. The number of rotatable bonds is 9. The standard InChI is InChI=1S/C26H26ClN3O5S/c1-4-22-30-23(14(2)3)21(36-22)12-20(26(34)35)29-25(33)18-9-8-16(11-19(18)27)24(32)28-13-15-6-5-7-17(31)10-15/h5-12,14,31H,4,13H2,1-3H3,(H,28,32)(H,29,33)(H,34,35). The van der Waals surface area contributed by atoms with Crippen molar-refractivity contribution in [3.63, 3.8) is 0 Å². The predicted molar refractivity (Wildman–Crippen MR) is 139 cm³/mol. The van der Waals surface area contributed by atoms with Gasteiger partial charge in [-0.25, -0.2) is 9.78 Å². The van der Waals surface area contributed by atoms with E-state index >= 15 is 0 Å². The van der Waals surface area contributed by atoms with E-state index in [9.17, 15) is 24.6 Å². The Morgan fingerprint density at radius 1 is 1.14 bits per heavy atom. The summed E-state index contributed by atoms with van der Waals surface area (Å²) in [5.74, 6) is -2.26. The number of phenolic OH excluding ortho intramolecular Hbond substituents is 1. The van der Waals surface area contributed by atoms with Gasteiger partial charge in [-0.3, -0.25) is 9.59 Å². The zero-order chi connectivity index (χ0) is 26.4. The summed E-state index contributed by atoms with van der Waals surface area (Å²) in [5.41, 5.74) is 1.42.